The fourth-order valence-corrected chi connectivity index (χ4v) is 3.28. The fourth-order valence-electron chi connectivity index (χ4n) is 2.63. The van der Waals surface area contributed by atoms with Crippen LogP contribution in [0.15, 0.2) is 41.4 Å². The molecular weight excluding hydrogens is 401 g/mol. The van der Waals surface area contributed by atoms with E-state index in [1.54, 1.807) is 30.3 Å². The highest BCUT2D eigenvalue weighted by Gasteiger charge is 2.40. The molecule has 0 aliphatic carbocycles. The Balaban J connectivity index is 2.09. The summed E-state index contributed by atoms with van der Waals surface area (Å²) in [5.41, 5.74) is 0.642. The second-order valence-electron chi connectivity index (χ2n) is 5.28. The van der Waals surface area contributed by atoms with E-state index in [4.69, 9.17) is 44.3 Å². The molecule has 2 aromatic rings. The van der Waals surface area contributed by atoms with Crippen LogP contribution in [0, 0.1) is 0 Å². The molecule has 26 heavy (non-hydrogen) atoms. The summed E-state index contributed by atoms with van der Waals surface area (Å²) in [7, 11) is 2.97. The molecule has 8 heteroatoms. The van der Waals surface area contributed by atoms with E-state index in [-0.39, 0.29) is 26.3 Å². The van der Waals surface area contributed by atoms with Crippen molar-refractivity contribution in [2.75, 3.05) is 19.1 Å². The average molecular weight is 413 g/mol. The molecule has 0 bridgehead atoms. The topological polar surface area (TPSA) is 55.8 Å². The van der Waals surface area contributed by atoms with Gasteiger partial charge >= 0.3 is 0 Å². The molecule has 0 N–H and O–H groups in total. The minimum absolute atomic E-state index is 0.0497. The van der Waals surface area contributed by atoms with Crippen LogP contribution in [0.3, 0.4) is 0 Å². The standard InChI is InChI=1S/C18H12Cl3NO4/c1-25-12-7-6-9(8-13(12)26-2)14-16(21)18(24)22(17(14)23)11-5-3-4-10(19)15(11)20/h3-8H,1-2H3. The van der Waals surface area contributed by atoms with Crippen molar-refractivity contribution in [1.29, 1.82) is 0 Å². The van der Waals surface area contributed by atoms with E-state index >= 15 is 0 Å². The number of nitrogens with zero attached hydrogens (tertiary/aromatic N) is 1. The molecule has 2 amide bonds. The molecule has 0 saturated carbocycles. The lowest BCUT2D eigenvalue weighted by Gasteiger charge is -2.17. The van der Waals surface area contributed by atoms with Gasteiger partial charge in [-0.25, -0.2) is 4.90 Å². The molecule has 5 nitrogen and oxygen atoms in total. The van der Waals surface area contributed by atoms with Gasteiger partial charge in [-0.1, -0.05) is 46.9 Å². The zero-order valence-electron chi connectivity index (χ0n) is 13.7. The SMILES string of the molecule is COc1ccc(C2=C(Cl)C(=O)N(c3cccc(Cl)c3Cl)C2=O)cc1OC. The smallest absolute Gasteiger partial charge is 0.277 e. The molecule has 1 heterocycles. The quantitative estimate of drug-likeness (QED) is 0.692. The molecule has 1 aliphatic rings. The van der Waals surface area contributed by atoms with E-state index in [1.807, 2.05) is 0 Å². The molecule has 0 unspecified atom stereocenters. The maximum Gasteiger partial charge on any atom is 0.277 e. The molecule has 0 atom stereocenters. The molecule has 0 spiro atoms. The van der Waals surface area contributed by atoms with Crippen molar-refractivity contribution in [2.45, 2.75) is 0 Å². The Morgan fingerprint density at radius 2 is 1.58 bits per heavy atom. The van der Waals surface area contributed by atoms with Gasteiger partial charge in [0.1, 0.15) is 5.03 Å². The number of hydrogen-bond acceptors (Lipinski definition) is 4. The first kappa shape index (κ1) is 18.6. The van der Waals surface area contributed by atoms with Gasteiger partial charge in [-0.3, -0.25) is 9.59 Å². The molecule has 0 fully saturated rings. The van der Waals surface area contributed by atoms with Crippen LogP contribution in [-0.4, -0.2) is 26.0 Å². The highest BCUT2D eigenvalue weighted by atomic mass is 35.5. The first-order chi connectivity index (χ1) is 12.4. The van der Waals surface area contributed by atoms with E-state index in [0.717, 1.165) is 4.90 Å². The summed E-state index contributed by atoms with van der Waals surface area (Å²) >= 11 is 18.3. The van der Waals surface area contributed by atoms with Crippen molar-refractivity contribution in [1.82, 2.24) is 0 Å². The number of carbonyl (C=O) groups is 2. The lowest BCUT2D eigenvalue weighted by atomic mass is 10.1. The van der Waals surface area contributed by atoms with Crippen LogP contribution in [-0.2, 0) is 9.59 Å². The molecule has 2 aromatic carbocycles. The van der Waals surface area contributed by atoms with Gasteiger partial charge in [-0.15, -0.1) is 0 Å². The summed E-state index contributed by atoms with van der Waals surface area (Å²) in [6.07, 6.45) is 0. The van der Waals surface area contributed by atoms with Crippen molar-refractivity contribution >= 4 is 57.9 Å². The van der Waals surface area contributed by atoms with Crippen molar-refractivity contribution < 1.29 is 19.1 Å². The number of halogens is 3. The van der Waals surface area contributed by atoms with Gasteiger partial charge in [0.05, 0.1) is 35.5 Å². The number of methoxy groups -OCH3 is 2. The predicted molar refractivity (Wildman–Crippen MR) is 101 cm³/mol. The van der Waals surface area contributed by atoms with E-state index in [1.165, 1.54) is 20.3 Å². The Kier molecular flexibility index (Phi) is 5.14. The van der Waals surface area contributed by atoms with Gasteiger partial charge in [-0.05, 0) is 29.8 Å². The normalized spacial score (nSPS) is 14.3. The summed E-state index contributed by atoms with van der Waals surface area (Å²) in [6.45, 7) is 0. The zero-order valence-corrected chi connectivity index (χ0v) is 15.9. The average Bonchev–Trinajstić information content (AvgIpc) is 2.86. The van der Waals surface area contributed by atoms with Gasteiger partial charge in [0, 0.05) is 0 Å². The third kappa shape index (κ3) is 2.92. The van der Waals surface area contributed by atoms with Gasteiger partial charge < -0.3 is 9.47 Å². The van der Waals surface area contributed by atoms with Crippen LogP contribution in [0.1, 0.15) is 5.56 Å². The maximum atomic E-state index is 12.9. The van der Waals surface area contributed by atoms with Gasteiger partial charge in [0.15, 0.2) is 11.5 Å². The second kappa shape index (κ2) is 7.19. The first-order valence-corrected chi connectivity index (χ1v) is 8.49. The van der Waals surface area contributed by atoms with E-state index in [0.29, 0.717) is 17.1 Å². The summed E-state index contributed by atoms with van der Waals surface area (Å²) in [6, 6.07) is 9.48. The summed E-state index contributed by atoms with van der Waals surface area (Å²) in [5.74, 6) is -0.386. The Hall–Kier alpha value is -2.21. The molecule has 1 aliphatic heterocycles. The van der Waals surface area contributed by atoms with Gasteiger partial charge in [0.25, 0.3) is 11.8 Å². The lowest BCUT2D eigenvalue weighted by molar-refractivity contribution is -0.119. The van der Waals surface area contributed by atoms with Crippen LogP contribution >= 0.6 is 34.8 Å². The van der Waals surface area contributed by atoms with E-state index in [9.17, 15) is 9.59 Å². The summed E-state index contributed by atoms with van der Waals surface area (Å²) in [4.78, 5) is 26.4. The zero-order chi connectivity index (χ0) is 19.0. The Bertz CT molecular complexity index is 955. The van der Waals surface area contributed by atoms with Gasteiger partial charge in [0.2, 0.25) is 0 Å². The first-order valence-electron chi connectivity index (χ1n) is 7.35. The van der Waals surface area contributed by atoms with Crippen molar-refractivity contribution in [3.63, 3.8) is 0 Å². The van der Waals surface area contributed by atoms with Crippen LogP contribution in [0.5, 0.6) is 11.5 Å². The largest absolute Gasteiger partial charge is 0.493 e. The maximum absolute atomic E-state index is 12.9. The third-order valence-corrected chi connectivity index (χ3v) is 5.03. The number of carbonyl (C=O) groups excluding carboxylic acids is 2. The van der Waals surface area contributed by atoms with Crippen LogP contribution in [0.2, 0.25) is 10.0 Å². The fraction of sp³-hybridized carbons (Fsp3) is 0.111. The molecule has 0 radical (unpaired) electrons. The Morgan fingerprint density at radius 1 is 0.885 bits per heavy atom. The summed E-state index contributed by atoms with van der Waals surface area (Å²) in [5, 5.41) is 0.104. The second-order valence-corrected chi connectivity index (χ2v) is 6.44. The van der Waals surface area contributed by atoms with Crippen LogP contribution < -0.4 is 14.4 Å². The molecule has 0 saturated heterocycles. The number of benzene rings is 2. The number of ether oxygens (including phenoxy) is 2. The number of amides is 2. The lowest BCUT2D eigenvalue weighted by Crippen LogP contribution is -2.31. The number of anilines is 1. The van der Waals surface area contributed by atoms with Crippen molar-refractivity contribution in [3.8, 4) is 11.5 Å². The minimum atomic E-state index is -0.675. The highest BCUT2D eigenvalue weighted by molar-refractivity contribution is 6.61. The third-order valence-electron chi connectivity index (χ3n) is 3.87. The van der Waals surface area contributed by atoms with Crippen molar-refractivity contribution in [3.05, 3.63) is 57.0 Å². The monoisotopic (exact) mass is 411 g/mol. The van der Waals surface area contributed by atoms with E-state index in [2.05, 4.69) is 0 Å². The molecular formula is C18H12Cl3NO4. The summed E-state index contributed by atoms with van der Waals surface area (Å²) < 4.78 is 10.4. The minimum Gasteiger partial charge on any atom is -0.493 e. The number of rotatable bonds is 4. The molecule has 3 rings (SSSR count). The Morgan fingerprint density at radius 3 is 2.23 bits per heavy atom. The highest BCUT2D eigenvalue weighted by Crippen LogP contribution is 2.41. The van der Waals surface area contributed by atoms with E-state index < -0.39 is 11.8 Å². The predicted octanol–water partition coefficient (Wildman–Crippen LogP) is 4.53. The van der Waals surface area contributed by atoms with Crippen molar-refractivity contribution in [2.24, 2.45) is 0 Å². The number of hydrogen-bond donors (Lipinski definition) is 0. The Labute approximate surface area is 164 Å². The molecule has 134 valence electrons. The molecule has 0 aromatic heterocycles. The van der Waals surface area contributed by atoms with Gasteiger partial charge in [-0.2, -0.15) is 0 Å². The number of imide groups is 1. The van der Waals surface area contributed by atoms with Crippen LogP contribution in [0.25, 0.3) is 5.57 Å². The van der Waals surface area contributed by atoms with Crippen LogP contribution in [0.4, 0.5) is 5.69 Å².